The van der Waals surface area contributed by atoms with Crippen LogP contribution in [-0.4, -0.2) is 35.8 Å². The Morgan fingerprint density at radius 3 is 2.57 bits per heavy atom. The summed E-state index contributed by atoms with van der Waals surface area (Å²) in [6.45, 7) is 6.70. The molecule has 1 heterocycles. The summed E-state index contributed by atoms with van der Waals surface area (Å²) < 4.78 is 4.89. The van der Waals surface area contributed by atoms with E-state index in [0.29, 0.717) is 24.8 Å². The molecule has 1 fully saturated rings. The van der Waals surface area contributed by atoms with Gasteiger partial charge < -0.3 is 14.7 Å². The molecule has 1 N–H and O–H groups in total. The number of carbonyl (C=O) groups excluding carboxylic acids is 1. The molecule has 4 nitrogen and oxygen atoms in total. The Hall–Kier alpha value is -1.03. The van der Waals surface area contributed by atoms with Crippen LogP contribution in [0.2, 0.25) is 0 Å². The van der Waals surface area contributed by atoms with E-state index in [1.165, 1.54) is 0 Å². The molecule has 0 aromatic rings. The van der Waals surface area contributed by atoms with Gasteiger partial charge in [0.2, 0.25) is 0 Å². The summed E-state index contributed by atoms with van der Waals surface area (Å²) in [5, 5.41) is 8.91. The third kappa shape index (κ3) is 3.03. The molecule has 4 heteroatoms. The van der Waals surface area contributed by atoms with Crippen LogP contribution in [0.3, 0.4) is 0 Å². The zero-order valence-corrected chi connectivity index (χ0v) is 8.53. The Kier molecular flexibility index (Phi) is 3.95. The predicted molar refractivity (Wildman–Crippen MR) is 52.7 cm³/mol. The molecule has 80 valence electrons. The van der Waals surface area contributed by atoms with E-state index in [4.69, 9.17) is 9.84 Å². The lowest BCUT2D eigenvalue weighted by Gasteiger charge is -2.30. The fourth-order valence-corrected chi connectivity index (χ4v) is 1.51. The fraction of sp³-hybridized carbons (Fsp3) is 0.700. The van der Waals surface area contributed by atoms with Gasteiger partial charge in [0, 0.05) is 19.7 Å². The molecule has 1 amide bonds. The second-order valence-electron chi connectivity index (χ2n) is 3.68. The van der Waals surface area contributed by atoms with Crippen molar-refractivity contribution in [2.24, 2.45) is 5.92 Å². The number of likely N-dealkylation sites (tertiary alicyclic amines) is 1. The van der Waals surface area contributed by atoms with Crippen molar-refractivity contribution in [2.75, 3.05) is 19.7 Å². The maximum Gasteiger partial charge on any atom is 0.414 e. The smallest absolute Gasteiger partial charge is 0.414 e. The number of carbonyl (C=O) groups is 1. The van der Waals surface area contributed by atoms with Crippen molar-refractivity contribution in [3.8, 4) is 0 Å². The van der Waals surface area contributed by atoms with E-state index in [1.807, 2.05) is 0 Å². The molecule has 1 rings (SSSR count). The summed E-state index contributed by atoms with van der Waals surface area (Å²) in [5.74, 6) is 0.753. The standard InChI is InChI=1S/C10H17NO3/c1-8(2)14-10(13)11-5-3-9(7-12)4-6-11/h9,12H,1,3-7H2,2H3. The van der Waals surface area contributed by atoms with Gasteiger partial charge in [0.1, 0.15) is 0 Å². The highest BCUT2D eigenvalue weighted by molar-refractivity contribution is 5.68. The maximum atomic E-state index is 11.4. The van der Waals surface area contributed by atoms with E-state index >= 15 is 0 Å². The minimum atomic E-state index is -0.325. The summed E-state index contributed by atoms with van der Waals surface area (Å²) in [5.41, 5.74) is 0. The number of rotatable bonds is 2. The normalized spacial score (nSPS) is 18.0. The number of ether oxygens (including phenoxy) is 1. The lowest BCUT2D eigenvalue weighted by molar-refractivity contribution is 0.0971. The maximum absolute atomic E-state index is 11.4. The molecule has 1 aliphatic heterocycles. The summed E-state index contributed by atoms with van der Waals surface area (Å²) in [6.07, 6.45) is 1.37. The topological polar surface area (TPSA) is 49.8 Å². The van der Waals surface area contributed by atoms with Crippen molar-refractivity contribution in [3.63, 3.8) is 0 Å². The number of nitrogens with zero attached hydrogens (tertiary/aromatic N) is 1. The average molecular weight is 199 g/mol. The van der Waals surface area contributed by atoms with Crippen LogP contribution in [0.5, 0.6) is 0 Å². The highest BCUT2D eigenvalue weighted by atomic mass is 16.6. The van der Waals surface area contributed by atoms with Crippen LogP contribution < -0.4 is 0 Å². The molecular weight excluding hydrogens is 182 g/mol. The minimum absolute atomic E-state index is 0.212. The van der Waals surface area contributed by atoms with Gasteiger partial charge in [-0.25, -0.2) is 4.79 Å². The van der Waals surface area contributed by atoms with Crippen molar-refractivity contribution in [2.45, 2.75) is 19.8 Å². The molecule has 0 radical (unpaired) electrons. The average Bonchev–Trinajstić information content (AvgIpc) is 2.17. The van der Waals surface area contributed by atoms with Gasteiger partial charge >= 0.3 is 6.09 Å². The van der Waals surface area contributed by atoms with Gasteiger partial charge in [0.25, 0.3) is 0 Å². The molecule has 0 bridgehead atoms. The third-order valence-electron chi connectivity index (χ3n) is 2.39. The highest BCUT2D eigenvalue weighted by Crippen LogP contribution is 2.17. The van der Waals surface area contributed by atoms with E-state index in [-0.39, 0.29) is 12.7 Å². The van der Waals surface area contributed by atoms with E-state index in [2.05, 4.69) is 6.58 Å². The Morgan fingerprint density at radius 2 is 2.14 bits per heavy atom. The molecule has 0 atom stereocenters. The third-order valence-corrected chi connectivity index (χ3v) is 2.39. The zero-order valence-electron chi connectivity index (χ0n) is 8.53. The van der Waals surface area contributed by atoms with Crippen molar-refractivity contribution in [3.05, 3.63) is 12.3 Å². The highest BCUT2D eigenvalue weighted by Gasteiger charge is 2.23. The van der Waals surface area contributed by atoms with Gasteiger partial charge in [-0.1, -0.05) is 6.58 Å². The predicted octanol–water partition coefficient (Wildman–Crippen LogP) is 1.36. The molecule has 0 aliphatic carbocycles. The lowest BCUT2D eigenvalue weighted by atomic mass is 9.98. The molecular formula is C10H17NO3. The SMILES string of the molecule is C=C(C)OC(=O)N1CCC(CO)CC1. The number of amides is 1. The van der Waals surface area contributed by atoms with E-state index in [0.717, 1.165) is 12.8 Å². The van der Waals surface area contributed by atoms with Crippen LogP contribution in [0.25, 0.3) is 0 Å². The Bertz CT molecular complexity index is 219. The van der Waals surface area contributed by atoms with Crippen LogP contribution in [0.1, 0.15) is 19.8 Å². The van der Waals surface area contributed by atoms with Crippen molar-refractivity contribution >= 4 is 6.09 Å². The molecule has 0 aromatic heterocycles. The van der Waals surface area contributed by atoms with Crippen LogP contribution in [-0.2, 0) is 4.74 Å². The van der Waals surface area contributed by atoms with Crippen molar-refractivity contribution in [1.29, 1.82) is 0 Å². The van der Waals surface area contributed by atoms with Gasteiger partial charge in [-0.2, -0.15) is 0 Å². The second-order valence-corrected chi connectivity index (χ2v) is 3.68. The van der Waals surface area contributed by atoms with Crippen LogP contribution in [0, 0.1) is 5.92 Å². The second kappa shape index (κ2) is 5.00. The lowest BCUT2D eigenvalue weighted by Crippen LogP contribution is -2.39. The first kappa shape index (κ1) is 11.0. The van der Waals surface area contributed by atoms with Crippen LogP contribution in [0.15, 0.2) is 12.3 Å². The van der Waals surface area contributed by atoms with E-state index < -0.39 is 0 Å². The molecule has 0 spiro atoms. The van der Waals surface area contributed by atoms with Crippen LogP contribution in [0.4, 0.5) is 4.79 Å². The number of aliphatic hydroxyl groups is 1. The Morgan fingerprint density at radius 1 is 1.57 bits per heavy atom. The van der Waals surface area contributed by atoms with Crippen molar-refractivity contribution < 1.29 is 14.6 Å². The molecule has 14 heavy (non-hydrogen) atoms. The molecule has 0 aromatic carbocycles. The molecule has 0 saturated carbocycles. The monoisotopic (exact) mass is 199 g/mol. The molecule has 1 saturated heterocycles. The fourth-order valence-electron chi connectivity index (χ4n) is 1.51. The summed E-state index contributed by atoms with van der Waals surface area (Å²) in [4.78, 5) is 13.0. The van der Waals surface area contributed by atoms with Crippen LogP contribution >= 0.6 is 0 Å². The van der Waals surface area contributed by atoms with Gasteiger partial charge in [-0.3, -0.25) is 0 Å². The first-order valence-electron chi connectivity index (χ1n) is 4.86. The summed E-state index contributed by atoms with van der Waals surface area (Å²) in [7, 11) is 0. The number of aliphatic hydroxyl groups excluding tert-OH is 1. The van der Waals surface area contributed by atoms with Gasteiger partial charge in [0.05, 0.1) is 5.76 Å². The summed E-state index contributed by atoms with van der Waals surface area (Å²) >= 11 is 0. The first-order valence-corrected chi connectivity index (χ1v) is 4.86. The molecule has 0 unspecified atom stereocenters. The van der Waals surface area contributed by atoms with Gasteiger partial charge in [-0.05, 0) is 25.7 Å². The molecule has 1 aliphatic rings. The first-order chi connectivity index (χ1) is 6.63. The largest absolute Gasteiger partial charge is 0.416 e. The number of hydrogen-bond donors (Lipinski definition) is 1. The Labute approximate surface area is 84.2 Å². The Balaban J connectivity index is 2.34. The number of allylic oxidation sites excluding steroid dienone is 1. The number of piperidine rings is 1. The summed E-state index contributed by atoms with van der Waals surface area (Å²) in [6, 6.07) is 0. The number of hydrogen-bond acceptors (Lipinski definition) is 3. The van der Waals surface area contributed by atoms with Gasteiger partial charge in [0.15, 0.2) is 0 Å². The zero-order chi connectivity index (χ0) is 10.6. The van der Waals surface area contributed by atoms with Crippen molar-refractivity contribution in [1.82, 2.24) is 4.90 Å². The minimum Gasteiger partial charge on any atom is -0.416 e. The van der Waals surface area contributed by atoms with E-state index in [9.17, 15) is 4.79 Å². The van der Waals surface area contributed by atoms with E-state index in [1.54, 1.807) is 11.8 Å². The van der Waals surface area contributed by atoms with Gasteiger partial charge in [-0.15, -0.1) is 0 Å². The quantitative estimate of drug-likeness (QED) is 0.683.